The van der Waals surface area contributed by atoms with Crippen LogP contribution in [0.15, 0.2) is 0 Å². The van der Waals surface area contributed by atoms with Crippen LogP contribution in [-0.2, 0) is 154 Å². The minimum atomic E-state index is -5.09. The summed E-state index contributed by atoms with van der Waals surface area (Å²) >= 11 is 0. The van der Waals surface area contributed by atoms with Crippen LogP contribution in [0.5, 0.6) is 0 Å². The van der Waals surface area contributed by atoms with Gasteiger partial charge in [-0.2, -0.15) is 0 Å². The summed E-state index contributed by atoms with van der Waals surface area (Å²) in [7, 11) is -40.7. The number of hydrogen-bond acceptors (Lipinski definition) is 28. The zero-order valence-corrected chi connectivity index (χ0v) is 49.6. The number of carbonyl (C=O) groups is 8. The molecule has 8 bridgehead atoms. The molecule has 0 amide bonds. The van der Waals surface area contributed by atoms with E-state index in [0.29, 0.717) is 0 Å². The molecule has 6 rings (SSSR count). The van der Waals surface area contributed by atoms with E-state index in [2.05, 4.69) is 0 Å². The molecule has 6 saturated heterocycles. The molecule has 6 aliphatic rings. The second-order valence-corrected chi connectivity index (χ2v) is 41.2. The summed E-state index contributed by atoms with van der Waals surface area (Å²) in [5.41, 5.74) is 0. The molecule has 6 heterocycles. The number of rotatable bonds is 32. The van der Waals surface area contributed by atoms with Crippen LogP contribution in [0.3, 0.4) is 0 Å². The summed E-state index contributed by atoms with van der Waals surface area (Å²) < 4.78 is 84.2. The van der Waals surface area contributed by atoms with Gasteiger partial charge in [-0.25, -0.2) is 0 Å². The molecular formula is C32H48Ni4O28Si8. The predicted molar refractivity (Wildman–Crippen MR) is 211 cm³/mol. The minimum absolute atomic E-state index is 0. The average molecular weight is 1340 g/mol. The van der Waals surface area contributed by atoms with Gasteiger partial charge in [0.15, 0.2) is 0 Å². The summed E-state index contributed by atoms with van der Waals surface area (Å²) in [4.78, 5) is 95.4. The van der Waals surface area contributed by atoms with Crippen LogP contribution in [0.25, 0.3) is 0 Å². The molecule has 0 N–H and O–H groups in total. The third kappa shape index (κ3) is 19.8. The van der Waals surface area contributed by atoms with Gasteiger partial charge in [0, 0.05) is 96.1 Å². The number of carboxylic acid groups (broad SMARTS) is 8. The quantitative estimate of drug-likeness (QED) is 0.0565. The smallest absolute Gasteiger partial charge is 0.550 e. The molecule has 6 fully saturated rings. The van der Waals surface area contributed by atoms with Gasteiger partial charge in [0.1, 0.15) is 0 Å². The fraction of sp³-hybridized carbons (Fsp3) is 0.750. The van der Waals surface area contributed by atoms with Crippen molar-refractivity contribution in [1.29, 1.82) is 0 Å². The van der Waals surface area contributed by atoms with Gasteiger partial charge in [0.05, 0.1) is 0 Å². The van der Waals surface area contributed by atoms with Gasteiger partial charge in [-0.05, 0) is 103 Å². The zero-order chi connectivity index (χ0) is 50.1. The van der Waals surface area contributed by atoms with Crippen LogP contribution in [0, 0.1) is 0 Å². The summed E-state index contributed by atoms with van der Waals surface area (Å²) in [6.45, 7) is 0. The summed E-state index contributed by atoms with van der Waals surface area (Å²) in [6.07, 6.45) is -8.60. The number of carbonyl (C=O) groups excluding carboxylic acids is 8. The molecule has 72 heavy (non-hydrogen) atoms. The number of aliphatic carboxylic acids is 8. The van der Waals surface area contributed by atoms with E-state index in [1.807, 2.05) is 0 Å². The molecule has 6 aliphatic heterocycles. The Labute approximate surface area is 460 Å². The first kappa shape index (κ1) is 69.0. The Morgan fingerprint density at radius 2 is 0.292 bits per heavy atom. The second-order valence-electron chi connectivity index (χ2n) is 16.5. The fourth-order valence-electron chi connectivity index (χ4n) is 8.16. The van der Waals surface area contributed by atoms with Gasteiger partial charge in [0.2, 0.25) is 0 Å². The van der Waals surface area contributed by atoms with Gasteiger partial charge in [-0.3, -0.25) is 0 Å². The molecule has 0 aromatic rings. The Morgan fingerprint density at radius 1 is 0.208 bits per heavy atom. The molecule has 0 aromatic heterocycles. The molecule has 0 aromatic carbocycles. The molecule has 0 aliphatic carbocycles. The van der Waals surface area contributed by atoms with Crippen molar-refractivity contribution in [2.45, 2.75) is 151 Å². The first-order valence-electron chi connectivity index (χ1n) is 21.8. The standard InChI is InChI=1S/C32H56O28Si8.4Ni/c33-25(34)9-1-17-61-49-62(18-2-10-26(35)36)52-65(21-5-13-29(41)42)54-63(50-61,19-3-11-27(37)38)56-67(23-7-15-31(45)46)57-64(51-61,20-4-12-28(39)40)55-66(53-62,22-6-14-30(43)44)59-68(58-65,60-67)24-8-16-32(47)48;;;;/h1-24H2,(H,33,34)(H,35,36)(H,37,38)(H,39,40)(H,41,42)(H,43,44)(H,45,46)(H,47,48);;;;/q;4*+2/p-8. The first-order valence-corrected chi connectivity index (χ1v) is 37.3. The summed E-state index contributed by atoms with van der Waals surface area (Å²) in [5, 5.41) is 95.4. The Kier molecular flexibility index (Phi) is 27.9. The molecular weight excluding hydrogens is 1290 g/mol. The topological polar surface area (TPSA) is 432 Å². The van der Waals surface area contributed by atoms with Gasteiger partial charge in [0.25, 0.3) is 0 Å². The van der Waals surface area contributed by atoms with Crippen LogP contribution in [0.4, 0.5) is 0 Å². The van der Waals surface area contributed by atoms with E-state index in [4.69, 9.17) is 49.4 Å². The van der Waals surface area contributed by atoms with Crippen LogP contribution >= 0.6 is 0 Å². The van der Waals surface area contributed by atoms with Crippen molar-refractivity contribution in [2.75, 3.05) is 0 Å². The molecule has 416 valence electrons. The van der Waals surface area contributed by atoms with Crippen molar-refractivity contribution < 1.29 is 195 Å². The van der Waals surface area contributed by atoms with Crippen molar-refractivity contribution in [3.8, 4) is 0 Å². The zero-order valence-electron chi connectivity index (χ0n) is 37.7. The van der Waals surface area contributed by atoms with Crippen molar-refractivity contribution in [3.05, 3.63) is 0 Å². The molecule has 0 atom stereocenters. The fourth-order valence-corrected chi connectivity index (χ4v) is 58.6. The van der Waals surface area contributed by atoms with E-state index in [1.165, 1.54) is 0 Å². The molecule has 0 spiro atoms. The predicted octanol–water partition coefficient (Wildman–Crippen LogP) is -8.00. The minimum Gasteiger partial charge on any atom is -0.550 e. The third-order valence-electron chi connectivity index (χ3n) is 10.6. The third-order valence-corrected chi connectivity index (χ3v) is 48.2. The monoisotopic (exact) mass is 1340 g/mol. The van der Waals surface area contributed by atoms with Crippen molar-refractivity contribution in [2.24, 2.45) is 0 Å². The maximum atomic E-state index is 11.9. The normalized spacial score (nSPS) is 31.8. The molecule has 40 heteroatoms. The Balaban J connectivity index is 0.00000648. The summed E-state index contributed by atoms with van der Waals surface area (Å²) in [5.74, 6) is -12.5. The molecule has 0 unspecified atom stereocenters. The van der Waals surface area contributed by atoms with Crippen molar-refractivity contribution >= 4 is 118 Å². The van der Waals surface area contributed by atoms with E-state index < -0.39 is 218 Å². The Hall–Kier alpha value is -1.01. The largest absolute Gasteiger partial charge is 2.00 e. The molecule has 28 nitrogen and oxygen atoms in total. The Morgan fingerprint density at radius 3 is 0.361 bits per heavy atom. The van der Waals surface area contributed by atoms with Crippen molar-refractivity contribution in [3.63, 3.8) is 0 Å². The van der Waals surface area contributed by atoms with E-state index in [1.54, 1.807) is 0 Å². The first-order chi connectivity index (χ1) is 31.8. The SMILES string of the molecule is O=C([O-])CCC[Si]12O[Si]3(CCCC(=O)[O-])O[Si]4(CCCC(=O)[O-])O[Si](CCCC(=O)[O-])(O1)O[Si]1(CCCC(=O)[O-])O[Si](CCCC(=O)[O-])(O2)O[Si](CCCC(=O)[O-])(O3)O[Si](CCCC(=O)[O-])(O4)O1.[Ni+2].[Ni+2].[Ni+2].[Ni+2]. The van der Waals surface area contributed by atoms with E-state index in [0.717, 1.165) is 0 Å². The van der Waals surface area contributed by atoms with Gasteiger partial charge < -0.3 is 129 Å². The molecule has 0 radical (unpaired) electrons. The van der Waals surface area contributed by atoms with E-state index >= 15 is 0 Å². The maximum Gasteiger partial charge on any atom is 2.00 e. The van der Waals surface area contributed by atoms with Gasteiger partial charge in [-0.1, -0.05) is 0 Å². The summed E-state index contributed by atoms with van der Waals surface area (Å²) in [6, 6.07) is -4.37. The van der Waals surface area contributed by atoms with Crippen LogP contribution in [0.2, 0.25) is 48.4 Å². The van der Waals surface area contributed by atoms with Gasteiger partial charge >= 0.3 is 136 Å². The average Bonchev–Trinajstić information content (AvgIpc) is 3.13. The Bertz CT molecular complexity index is 1470. The van der Waals surface area contributed by atoms with Crippen LogP contribution < -0.4 is 40.9 Å². The second kappa shape index (κ2) is 29.1. The molecule has 0 saturated carbocycles. The van der Waals surface area contributed by atoms with E-state index in [9.17, 15) is 79.2 Å². The van der Waals surface area contributed by atoms with Gasteiger partial charge in [-0.15, -0.1) is 0 Å². The van der Waals surface area contributed by atoms with E-state index in [-0.39, 0.29) is 117 Å². The van der Waals surface area contributed by atoms with Crippen LogP contribution in [-0.4, -0.2) is 118 Å². The van der Waals surface area contributed by atoms with Crippen molar-refractivity contribution in [1.82, 2.24) is 0 Å². The van der Waals surface area contributed by atoms with Crippen LogP contribution in [0.1, 0.15) is 103 Å². The number of carboxylic acids is 8. The number of hydrogen-bond donors (Lipinski definition) is 0. The maximum absolute atomic E-state index is 11.9.